The molecule has 12 heavy (non-hydrogen) atoms. The third kappa shape index (κ3) is 2.51. The second kappa shape index (κ2) is 4.07. The van der Waals surface area contributed by atoms with E-state index in [1.54, 1.807) is 18.3 Å². The van der Waals surface area contributed by atoms with Crippen LogP contribution in [0.15, 0.2) is 29.4 Å². The first-order valence-corrected chi connectivity index (χ1v) is 3.97. The van der Waals surface area contributed by atoms with E-state index in [1.165, 1.54) is 13.0 Å². The van der Waals surface area contributed by atoms with Crippen LogP contribution in [0.25, 0.3) is 6.08 Å². The van der Waals surface area contributed by atoms with Gasteiger partial charge in [-0.2, -0.15) is 0 Å². The summed E-state index contributed by atoms with van der Waals surface area (Å²) in [7, 11) is 0. The van der Waals surface area contributed by atoms with Crippen molar-refractivity contribution in [2.75, 3.05) is 0 Å². The van der Waals surface area contributed by atoms with Gasteiger partial charge in [-0.05, 0) is 25.1 Å². The molecule has 0 bridgehead atoms. The molecule has 1 aromatic heterocycles. The van der Waals surface area contributed by atoms with Crippen LogP contribution in [0.1, 0.15) is 12.5 Å². The normalized spacial score (nSPS) is 10.5. The Bertz CT molecular complexity index is 320. The standard InChI is InChI=1S/C9H9NOS/c1-7(11)4-5-8-3-2-6-10-9(8)12/h2-6H,1H3,(H,10,12). The molecule has 1 heterocycles. The largest absolute Gasteiger partial charge is 0.295 e. The summed E-state index contributed by atoms with van der Waals surface area (Å²) in [6, 6.07) is 3.66. The second-order valence-electron chi connectivity index (χ2n) is 2.36. The Hall–Kier alpha value is -1.09. The molecule has 0 spiro atoms. The molecule has 0 aromatic carbocycles. The van der Waals surface area contributed by atoms with E-state index in [9.17, 15) is 4.79 Å². The van der Waals surface area contributed by atoms with Gasteiger partial charge >= 0.3 is 0 Å². The molecule has 0 fully saturated rings. The maximum absolute atomic E-state index is 10.6. The zero-order chi connectivity index (χ0) is 8.97. The minimum absolute atomic E-state index is 0.0200. The van der Waals surface area contributed by atoms with E-state index < -0.39 is 0 Å². The molecule has 0 aliphatic carbocycles. The first-order valence-electron chi connectivity index (χ1n) is 3.53. The lowest BCUT2D eigenvalue weighted by molar-refractivity contribution is -0.112. The van der Waals surface area contributed by atoms with Crippen LogP contribution >= 0.6 is 12.6 Å². The minimum Gasteiger partial charge on any atom is -0.295 e. The van der Waals surface area contributed by atoms with Crippen molar-refractivity contribution >= 4 is 24.5 Å². The van der Waals surface area contributed by atoms with Crippen LogP contribution < -0.4 is 0 Å². The molecule has 0 aliphatic rings. The molecule has 0 aliphatic heterocycles. The maximum Gasteiger partial charge on any atom is 0.152 e. The number of allylic oxidation sites excluding steroid dienone is 1. The number of pyridine rings is 1. The number of hydrogen-bond acceptors (Lipinski definition) is 3. The van der Waals surface area contributed by atoms with Crippen molar-refractivity contribution in [3.05, 3.63) is 30.0 Å². The van der Waals surface area contributed by atoms with E-state index in [0.29, 0.717) is 5.03 Å². The monoisotopic (exact) mass is 179 g/mol. The van der Waals surface area contributed by atoms with E-state index in [0.717, 1.165) is 5.56 Å². The van der Waals surface area contributed by atoms with E-state index in [1.807, 2.05) is 6.07 Å². The van der Waals surface area contributed by atoms with Crippen molar-refractivity contribution in [3.63, 3.8) is 0 Å². The van der Waals surface area contributed by atoms with Crippen molar-refractivity contribution in [2.45, 2.75) is 11.9 Å². The second-order valence-corrected chi connectivity index (χ2v) is 2.78. The van der Waals surface area contributed by atoms with E-state index in [4.69, 9.17) is 0 Å². The Kier molecular flexibility index (Phi) is 3.05. The average Bonchev–Trinajstić information content (AvgIpc) is 2.03. The molecule has 0 saturated heterocycles. The van der Waals surface area contributed by atoms with Crippen molar-refractivity contribution in [1.82, 2.24) is 4.98 Å². The summed E-state index contributed by atoms with van der Waals surface area (Å²) in [5, 5.41) is 0.634. The first kappa shape index (κ1) is 9.00. The molecule has 1 rings (SSSR count). The summed E-state index contributed by atoms with van der Waals surface area (Å²) in [5.74, 6) is 0.0200. The molecular formula is C9H9NOS. The quantitative estimate of drug-likeness (QED) is 0.555. The van der Waals surface area contributed by atoms with Crippen molar-refractivity contribution < 1.29 is 4.79 Å². The molecular weight excluding hydrogens is 170 g/mol. The number of carbonyl (C=O) groups is 1. The van der Waals surface area contributed by atoms with Gasteiger partial charge < -0.3 is 0 Å². The van der Waals surface area contributed by atoms with Crippen LogP contribution in [0, 0.1) is 0 Å². The number of aromatic nitrogens is 1. The fourth-order valence-electron chi connectivity index (χ4n) is 0.747. The minimum atomic E-state index is 0.0200. The van der Waals surface area contributed by atoms with Gasteiger partial charge in [-0.25, -0.2) is 4.98 Å². The van der Waals surface area contributed by atoms with Gasteiger partial charge in [0.15, 0.2) is 5.78 Å². The molecule has 0 saturated carbocycles. The highest BCUT2D eigenvalue weighted by Crippen LogP contribution is 2.10. The van der Waals surface area contributed by atoms with Gasteiger partial charge in [-0.3, -0.25) is 4.79 Å². The number of hydrogen-bond donors (Lipinski definition) is 1. The van der Waals surface area contributed by atoms with Crippen LogP contribution in [-0.2, 0) is 4.79 Å². The van der Waals surface area contributed by atoms with Gasteiger partial charge in [0.05, 0.1) is 0 Å². The summed E-state index contributed by atoms with van der Waals surface area (Å²) >= 11 is 4.13. The smallest absolute Gasteiger partial charge is 0.152 e. The number of carbonyl (C=O) groups excluding carboxylic acids is 1. The van der Waals surface area contributed by atoms with Crippen LogP contribution in [0.5, 0.6) is 0 Å². The lowest BCUT2D eigenvalue weighted by Crippen LogP contribution is -1.83. The van der Waals surface area contributed by atoms with Crippen molar-refractivity contribution in [1.29, 1.82) is 0 Å². The molecule has 0 N–H and O–H groups in total. The van der Waals surface area contributed by atoms with Crippen LogP contribution in [0.3, 0.4) is 0 Å². The van der Waals surface area contributed by atoms with Crippen molar-refractivity contribution in [2.24, 2.45) is 0 Å². The molecule has 0 radical (unpaired) electrons. The highest BCUT2D eigenvalue weighted by Gasteiger charge is 1.93. The predicted molar refractivity (Wildman–Crippen MR) is 51.2 cm³/mol. The Morgan fingerprint density at radius 2 is 2.42 bits per heavy atom. The molecule has 62 valence electrons. The summed E-state index contributed by atoms with van der Waals surface area (Å²) in [4.78, 5) is 14.6. The molecule has 2 nitrogen and oxygen atoms in total. The predicted octanol–water partition coefficient (Wildman–Crippen LogP) is 1.97. The summed E-state index contributed by atoms with van der Waals surface area (Å²) in [5.41, 5.74) is 0.857. The van der Waals surface area contributed by atoms with Crippen LogP contribution in [-0.4, -0.2) is 10.8 Å². The van der Waals surface area contributed by atoms with Gasteiger partial charge in [0, 0.05) is 11.8 Å². The van der Waals surface area contributed by atoms with Gasteiger partial charge in [-0.15, -0.1) is 12.6 Å². The third-order valence-electron chi connectivity index (χ3n) is 1.31. The SMILES string of the molecule is CC(=O)C=Cc1cccnc1S. The van der Waals surface area contributed by atoms with E-state index >= 15 is 0 Å². The van der Waals surface area contributed by atoms with Gasteiger partial charge in [0.2, 0.25) is 0 Å². The van der Waals surface area contributed by atoms with Gasteiger partial charge in [0.1, 0.15) is 5.03 Å². The number of thiol groups is 1. The summed E-state index contributed by atoms with van der Waals surface area (Å²) in [6.45, 7) is 1.51. The molecule has 0 atom stereocenters. The highest BCUT2D eigenvalue weighted by molar-refractivity contribution is 7.80. The van der Waals surface area contributed by atoms with E-state index in [-0.39, 0.29) is 5.78 Å². The van der Waals surface area contributed by atoms with Crippen LogP contribution in [0.2, 0.25) is 0 Å². The third-order valence-corrected chi connectivity index (χ3v) is 1.69. The molecule has 0 amide bonds. The van der Waals surface area contributed by atoms with Crippen molar-refractivity contribution in [3.8, 4) is 0 Å². The summed E-state index contributed by atoms with van der Waals surface area (Å²) < 4.78 is 0. The summed E-state index contributed by atoms with van der Waals surface area (Å²) in [6.07, 6.45) is 4.86. The van der Waals surface area contributed by atoms with E-state index in [2.05, 4.69) is 17.6 Å². The number of rotatable bonds is 2. The Morgan fingerprint density at radius 1 is 1.67 bits per heavy atom. The Labute approximate surface area is 76.7 Å². The van der Waals surface area contributed by atoms with Crippen LogP contribution in [0.4, 0.5) is 0 Å². The average molecular weight is 179 g/mol. The fourth-order valence-corrected chi connectivity index (χ4v) is 0.962. The van der Waals surface area contributed by atoms with Gasteiger partial charge in [0.25, 0.3) is 0 Å². The topological polar surface area (TPSA) is 30.0 Å². The lowest BCUT2D eigenvalue weighted by atomic mass is 10.2. The molecule has 3 heteroatoms. The first-order chi connectivity index (χ1) is 5.70. The molecule has 1 aromatic rings. The van der Waals surface area contributed by atoms with Gasteiger partial charge in [-0.1, -0.05) is 6.07 Å². The number of ketones is 1. The zero-order valence-corrected chi connectivity index (χ0v) is 7.58. The number of nitrogens with zero attached hydrogens (tertiary/aromatic N) is 1. The lowest BCUT2D eigenvalue weighted by Gasteiger charge is -1.94. The highest BCUT2D eigenvalue weighted by atomic mass is 32.1. The fraction of sp³-hybridized carbons (Fsp3) is 0.111. The maximum atomic E-state index is 10.6. The molecule has 0 unspecified atom stereocenters. The Morgan fingerprint density at radius 3 is 3.00 bits per heavy atom. The zero-order valence-electron chi connectivity index (χ0n) is 6.69. The Balaban J connectivity index is 2.89.